The lowest BCUT2D eigenvalue weighted by Gasteiger charge is -2.31. The van der Waals surface area contributed by atoms with Gasteiger partial charge in [0.05, 0.1) is 0 Å². The summed E-state index contributed by atoms with van der Waals surface area (Å²) >= 11 is 0. The zero-order valence-corrected chi connectivity index (χ0v) is 10.5. The molecule has 1 saturated heterocycles. The Morgan fingerprint density at radius 2 is 1.78 bits per heavy atom. The van der Waals surface area contributed by atoms with Crippen molar-refractivity contribution in [2.24, 2.45) is 0 Å². The molecule has 0 aliphatic carbocycles. The lowest BCUT2D eigenvalue weighted by atomic mass is 10.0. The highest BCUT2D eigenvalue weighted by Gasteiger charge is 2.35. The number of amides is 1. The molecule has 0 bridgehead atoms. The summed E-state index contributed by atoms with van der Waals surface area (Å²) < 4.78 is 26.0. The second-order valence-electron chi connectivity index (χ2n) is 4.70. The molecule has 0 radical (unpaired) electrons. The number of halogens is 2. The summed E-state index contributed by atoms with van der Waals surface area (Å²) in [5.41, 5.74) is 1.74. The number of nitrogens with zero attached hydrogens (tertiary/aromatic N) is 1. The molecule has 1 aliphatic rings. The molecule has 1 aliphatic heterocycles. The minimum atomic E-state index is -2.61. The topological polar surface area (TPSA) is 20.3 Å². The van der Waals surface area contributed by atoms with Crippen molar-refractivity contribution < 1.29 is 13.6 Å². The maximum Gasteiger partial charge on any atom is 0.253 e. The van der Waals surface area contributed by atoms with E-state index in [9.17, 15) is 13.6 Å². The van der Waals surface area contributed by atoms with E-state index in [1.165, 1.54) is 4.90 Å². The van der Waals surface area contributed by atoms with Crippen LogP contribution >= 0.6 is 0 Å². The predicted molar refractivity (Wildman–Crippen MR) is 65.9 cm³/mol. The minimum absolute atomic E-state index is 0.140. The van der Waals surface area contributed by atoms with Gasteiger partial charge in [-0.3, -0.25) is 4.79 Å². The number of carbonyl (C=O) groups excluding carboxylic acids is 1. The number of likely N-dealkylation sites (tertiary alicyclic amines) is 1. The Morgan fingerprint density at radius 3 is 2.28 bits per heavy atom. The van der Waals surface area contributed by atoms with Crippen molar-refractivity contribution in [2.75, 3.05) is 13.1 Å². The smallest absolute Gasteiger partial charge is 0.253 e. The van der Waals surface area contributed by atoms with Crippen LogP contribution in [-0.2, 0) is 6.42 Å². The normalized spacial score (nSPS) is 18.7. The summed E-state index contributed by atoms with van der Waals surface area (Å²) in [6.45, 7) is 2.33. The van der Waals surface area contributed by atoms with E-state index in [1.54, 1.807) is 12.1 Å². The van der Waals surface area contributed by atoms with Crippen LogP contribution in [0.5, 0.6) is 0 Å². The quantitative estimate of drug-likeness (QED) is 0.793. The van der Waals surface area contributed by atoms with Crippen molar-refractivity contribution in [3.8, 4) is 0 Å². The van der Waals surface area contributed by atoms with Gasteiger partial charge >= 0.3 is 0 Å². The van der Waals surface area contributed by atoms with Crippen LogP contribution in [0, 0.1) is 0 Å². The standard InChI is InChI=1S/C14H17F2NO/c1-2-11-3-5-12(6-4-11)13(18)17-9-7-14(15,16)8-10-17/h3-6H,2,7-10H2,1H3. The van der Waals surface area contributed by atoms with Gasteiger partial charge < -0.3 is 4.90 Å². The van der Waals surface area contributed by atoms with Crippen LogP contribution < -0.4 is 0 Å². The first-order chi connectivity index (χ1) is 8.52. The molecule has 1 amide bonds. The van der Waals surface area contributed by atoms with E-state index in [2.05, 4.69) is 0 Å². The molecule has 2 rings (SSSR count). The fraction of sp³-hybridized carbons (Fsp3) is 0.500. The molecule has 1 fully saturated rings. The van der Waals surface area contributed by atoms with E-state index in [-0.39, 0.29) is 31.8 Å². The lowest BCUT2D eigenvalue weighted by molar-refractivity contribution is -0.0494. The zero-order chi connectivity index (χ0) is 13.2. The molecule has 1 aromatic carbocycles. The summed E-state index contributed by atoms with van der Waals surface area (Å²) in [4.78, 5) is 13.6. The summed E-state index contributed by atoms with van der Waals surface area (Å²) in [6.07, 6.45) is 0.460. The van der Waals surface area contributed by atoms with Gasteiger partial charge in [0, 0.05) is 31.5 Å². The molecule has 0 atom stereocenters. The molecular formula is C14H17F2NO. The maximum atomic E-state index is 13.0. The molecule has 0 unspecified atom stereocenters. The summed E-state index contributed by atoms with van der Waals surface area (Å²) in [5.74, 6) is -2.75. The van der Waals surface area contributed by atoms with Crippen molar-refractivity contribution in [3.05, 3.63) is 35.4 Å². The van der Waals surface area contributed by atoms with Gasteiger partial charge in [0.15, 0.2) is 0 Å². The van der Waals surface area contributed by atoms with Crippen LogP contribution in [0.15, 0.2) is 24.3 Å². The Morgan fingerprint density at radius 1 is 1.22 bits per heavy atom. The second-order valence-corrected chi connectivity index (χ2v) is 4.70. The molecule has 0 saturated carbocycles. The van der Waals surface area contributed by atoms with Crippen LogP contribution in [-0.4, -0.2) is 29.8 Å². The lowest BCUT2D eigenvalue weighted by Crippen LogP contribution is -2.42. The molecule has 0 N–H and O–H groups in total. The van der Waals surface area contributed by atoms with Gasteiger partial charge in [0.25, 0.3) is 11.8 Å². The van der Waals surface area contributed by atoms with Gasteiger partial charge in [-0.15, -0.1) is 0 Å². The number of piperidine rings is 1. The first kappa shape index (κ1) is 13.0. The maximum absolute atomic E-state index is 13.0. The third-order valence-electron chi connectivity index (χ3n) is 3.39. The number of hydrogen-bond acceptors (Lipinski definition) is 1. The predicted octanol–water partition coefficient (Wildman–Crippen LogP) is 3.12. The summed E-state index contributed by atoms with van der Waals surface area (Å²) in [7, 11) is 0. The van der Waals surface area contributed by atoms with Gasteiger partial charge in [0.1, 0.15) is 0 Å². The minimum Gasteiger partial charge on any atom is -0.338 e. The highest BCUT2D eigenvalue weighted by molar-refractivity contribution is 5.94. The highest BCUT2D eigenvalue weighted by atomic mass is 19.3. The number of carbonyl (C=O) groups is 1. The number of alkyl halides is 2. The van der Waals surface area contributed by atoms with Crippen molar-refractivity contribution in [1.82, 2.24) is 4.90 Å². The molecule has 1 aromatic rings. The van der Waals surface area contributed by atoms with Gasteiger partial charge in [-0.05, 0) is 24.1 Å². The van der Waals surface area contributed by atoms with Crippen LogP contribution in [0.4, 0.5) is 8.78 Å². The largest absolute Gasteiger partial charge is 0.338 e. The van der Waals surface area contributed by atoms with E-state index in [0.29, 0.717) is 5.56 Å². The second kappa shape index (κ2) is 5.04. The van der Waals surface area contributed by atoms with Crippen molar-refractivity contribution in [1.29, 1.82) is 0 Å². The Bertz CT molecular complexity index is 418. The van der Waals surface area contributed by atoms with Gasteiger partial charge in [-0.1, -0.05) is 19.1 Å². The molecular weight excluding hydrogens is 236 g/mol. The fourth-order valence-electron chi connectivity index (χ4n) is 2.10. The van der Waals surface area contributed by atoms with Crippen LogP contribution in [0.25, 0.3) is 0 Å². The van der Waals surface area contributed by atoms with E-state index in [1.807, 2.05) is 19.1 Å². The average molecular weight is 253 g/mol. The zero-order valence-electron chi connectivity index (χ0n) is 10.5. The fourth-order valence-corrected chi connectivity index (χ4v) is 2.10. The molecule has 0 spiro atoms. The van der Waals surface area contributed by atoms with Crippen LogP contribution in [0.2, 0.25) is 0 Å². The Hall–Kier alpha value is -1.45. The number of benzene rings is 1. The average Bonchev–Trinajstić information content (AvgIpc) is 2.38. The number of aryl methyl sites for hydroxylation is 1. The Balaban J connectivity index is 2.03. The number of rotatable bonds is 2. The summed E-state index contributed by atoms with van der Waals surface area (Å²) in [6, 6.07) is 7.36. The Labute approximate surface area is 106 Å². The molecule has 18 heavy (non-hydrogen) atoms. The Kier molecular flexibility index (Phi) is 3.64. The van der Waals surface area contributed by atoms with Gasteiger partial charge in [-0.25, -0.2) is 8.78 Å². The van der Waals surface area contributed by atoms with E-state index in [0.717, 1.165) is 12.0 Å². The van der Waals surface area contributed by atoms with Gasteiger partial charge in [0.2, 0.25) is 0 Å². The van der Waals surface area contributed by atoms with Crippen LogP contribution in [0.3, 0.4) is 0 Å². The van der Waals surface area contributed by atoms with Crippen molar-refractivity contribution in [3.63, 3.8) is 0 Å². The van der Waals surface area contributed by atoms with Crippen LogP contribution in [0.1, 0.15) is 35.7 Å². The molecule has 1 heterocycles. The first-order valence-electron chi connectivity index (χ1n) is 6.28. The number of hydrogen-bond donors (Lipinski definition) is 0. The van der Waals surface area contributed by atoms with E-state index >= 15 is 0 Å². The van der Waals surface area contributed by atoms with E-state index < -0.39 is 5.92 Å². The third kappa shape index (κ3) is 2.86. The molecule has 4 heteroatoms. The molecule has 2 nitrogen and oxygen atoms in total. The van der Waals surface area contributed by atoms with Gasteiger partial charge in [-0.2, -0.15) is 0 Å². The summed E-state index contributed by atoms with van der Waals surface area (Å²) in [5, 5.41) is 0. The SMILES string of the molecule is CCc1ccc(C(=O)N2CCC(F)(F)CC2)cc1. The monoisotopic (exact) mass is 253 g/mol. The first-order valence-corrected chi connectivity index (χ1v) is 6.28. The van der Waals surface area contributed by atoms with Crippen molar-refractivity contribution in [2.45, 2.75) is 32.1 Å². The highest BCUT2D eigenvalue weighted by Crippen LogP contribution is 2.28. The van der Waals surface area contributed by atoms with Crippen molar-refractivity contribution >= 4 is 5.91 Å². The third-order valence-corrected chi connectivity index (χ3v) is 3.39. The van der Waals surface area contributed by atoms with E-state index in [4.69, 9.17) is 0 Å². The molecule has 98 valence electrons. The molecule has 0 aromatic heterocycles.